The molecule has 4 rings (SSSR count). The highest BCUT2D eigenvalue weighted by atomic mass is 35.5. The van der Waals surface area contributed by atoms with Gasteiger partial charge >= 0.3 is 0 Å². The Kier molecular flexibility index (Phi) is 7.54. The van der Waals surface area contributed by atoms with E-state index in [-0.39, 0.29) is 12.8 Å². The fourth-order valence-corrected chi connectivity index (χ4v) is 3.97. The van der Waals surface area contributed by atoms with Crippen LogP contribution in [-0.4, -0.2) is 31.8 Å². The predicted octanol–water partition coefficient (Wildman–Crippen LogP) is 7.09. The summed E-state index contributed by atoms with van der Waals surface area (Å²) in [7, 11) is 0. The van der Waals surface area contributed by atoms with E-state index in [0.29, 0.717) is 65.1 Å². The quantitative estimate of drug-likeness (QED) is 0.157. The van der Waals surface area contributed by atoms with Gasteiger partial charge in [0.25, 0.3) is 0 Å². The van der Waals surface area contributed by atoms with Crippen LogP contribution in [0.1, 0.15) is 22.5 Å². The summed E-state index contributed by atoms with van der Waals surface area (Å²) in [5, 5.41) is 28.2. The Morgan fingerprint density at radius 2 is 0.971 bits per heavy atom. The standard InChI is InChI=1S/C24H16Cl4N4O2/c25-15-5-1-13(2-6-15)19(31-33)11-23-24(12-20(32-34)14-3-7-16(26)8-4-14)30-22-10-18(28)17(27)9-21(22)29-23/h1-10,33-34H,11-12H2/b31-19-,32-20-. The molecule has 0 spiro atoms. The first-order valence-electron chi connectivity index (χ1n) is 9.96. The van der Waals surface area contributed by atoms with Gasteiger partial charge in [-0.1, -0.05) is 81.0 Å². The van der Waals surface area contributed by atoms with Crippen LogP contribution in [0.25, 0.3) is 11.0 Å². The normalized spacial score (nSPS) is 12.4. The molecular formula is C24H16Cl4N4O2. The molecule has 0 fully saturated rings. The van der Waals surface area contributed by atoms with E-state index in [1.54, 1.807) is 60.7 Å². The summed E-state index contributed by atoms with van der Waals surface area (Å²) in [5.74, 6) is 0. The van der Waals surface area contributed by atoms with Crippen molar-refractivity contribution in [2.24, 2.45) is 10.3 Å². The Hall–Kier alpha value is -2.90. The molecule has 0 bridgehead atoms. The van der Waals surface area contributed by atoms with Crippen LogP contribution < -0.4 is 0 Å². The lowest BCUT2D eigenvalue weighted by Gasteiger charge is -2.13. The third-order valence-corrected chi connectivity index (χ3v) is 6.35. The number of fused-ring (bicyclic) bond motifs is 1. The number of nitrogens with zero attached hydrogens (tertiary/aromatic N) is 4. The van der Waals surface area contributed by atoms with E-state index >= 15 is 0 Å². The maximum Gasteiger partial charge on any atom is 0.0927 e. The molecule has 0 radical (unpaired) electrons. The molecule has 1 heterocycles. The van der Waals surface area contributed by atoms with Crippen LogP contribution in [0, 0.1) is 0 Å². The molecule has 0 aliphatic carbocycles. The van der Waals surface area contributed by atoms with Gasteiger partial charge in [0.2, 0.25) is 0 Å². The van der Waals surface area contributed by atoms with Gasteiger partial charge in [0, 0.05) is 22.9 Å². The van der Waals surface area contributed by atoms with Crippen LogP contribution in [0.3, 0.4) is 0 Å². The first-order chi connectivity index (χ1) is 16.4. The van der Waals surface area contributed by atoms with E-state index in [4.69, 9.17) is 56.4 Å². The molecule has 0 saturated carbocycles. The predicted molar refractivity (Wildman–Crippen MR) is 137 cm³/mol. The Morgan fingerprint density at radius 3 is 1.29 bits per heavy atom. The molecule has 0 amide bonds. The molecule has 172 valence electrons. The van der Waals surface area contributed by atoms with Gasteiger partial charge in [0.05, 0.1) is 43.9 Å². The van der Waals surface area contributed by atoms with E-state index in [1.165, 1.54) is 0 Å². The second-order valence-corrected chi connectivity index (χ2v) is 9.02. The molecule has 0 atom stereocenters. The monoisotopic (exact) mass is 532 g/mol. The van der Waals surface area contributed by atoms with Crippen molar-refractivity contribution in [3.63, 3.8) is 0 Å². The van der Waals surface area contributed by atoms with E-state index in [9.17, 15) is 10.4 Å². The molecule has 4 aromatic rings. The molecule has 0 aliphatic rings. The molecule has 0 saturated heterocycles. The lowest BCUT2D eigenvalue weighted by Crippen LogP contribution is -2.15. The van der Waals surface area contributed by atoms with Gasteiger partial charge in [-0.25, -0.2) is 9.97 Å². The van der Waals surface area contributed by atoms with Crippen LogP contribution >= 0.6 is 46.4 Å². The molecule has 1 aromatic heterocycles. The minimum Gasteiger partial charge on any atom is -0.411 e. The first kappa shape index (κ1) is 24.2. The molecule has 10 heteroatoms. The average molecular weight is 534 g/mol. The fraction of sp³-hybridized carbons (Fsp3) is 0.0833. The molecule has 34 heavy (non-hydrogen) atoms. The van der Waals surface area contributed by atoms with Crippen LogP contribution in [0.4, 0.5) is 0 Å². The van der Waals surface area contributed by atoms with E-state index in [1.807, 2.05) is 0 Å². The van der Waals surface area contributed by atoms with E-state index in [0.717, 1.165) is 0 Å². The summed E-state index contributed by atoms with van der Waals surface area (Å²) in [4.78, 5) is 9.44. The Labute approximate surface area is 215 Å². The summed E-state index contributed by atoms with van der Waals surface area (Å²) < 4.78 is 0. The zero-order valence-corrected chi connectivity index (χ0v) is 20.4. The van der Waals surface area contributed by atoms with Crippen molar-refractivity contribution in [3.8, 4) is 0 Å². The Bertz CT molecular complexity index is 1300. The zero-order valence-electron chi connectivity index (χ0n) is 17.4. The van der Waals surface area contributed by atoms with Gasteiger partial charge in [0.1, 0.15) is 0 Å². The van der Waals surface area contributed by atoms with Gasteiger partial charge in [-0.2, -0.15) is 0 Å². The number of halogens is 4. The van der Waals surface area contributed by atoms with Crippen molar-refractivity contribution in [3.05, 3.63) is 103 Å². The zero-order chi connectivity index (χ0) is 24.2. The minimum absolute atomic E-state index is 0.149. The summed E-state index contributed by atoms with van der Waals surface area (Å²) in [6.45, 7) is 0. The highest BCUT2D eigenvalue weighted by Gasteiger charge is 2.18. The van der Waals surface area contributed by atoms with E-state index < -0.39 is 0 Å². The Balaban J connectivity index is 1.79. The van der Waals surface area contributed by atoms with Crippen molar-refractivity contribution >= 4 is 68.9 Å². The summed E-state index contributed by atoms with van der Waals surface area (Å²) in [6, 6.07) is 17.0. The maximum absolute atomic E-state index is 9.72. The van der Waals surface area contributed by atoms with Gasteiger partial charge < -0.3 is 10.4 Å². The third-order valence-electron chi connectivity index (χ3n) is 5.13. The summed E-state index contributed by atoms with van der Waals surface area (Å²) in [5.41, 5.74) is 4.14. The van der Waals surface area contributed by atoms with Crippen LogP contribution in [0.2, 0.25) is 20.1 Å². The maximum atomic E-state index is 9.72. The smallest absolute Gasteiger partial charge is 0.0927 e. The number of aromatic nitrogens is 2. The topological polar surface area (TPSA) is 91.0 Å². The molecule has 0 unspecified atom stereocenters. The van der Waals surface area contributed by atoms with E-state index in [2.05, 4.69) is 10.3 Å². The SMILES string of the molecule is O/N=C(/Cc1nc2cc(Cl)c(Cl)cc2nc1C/C(=N/O)c1ccc(Cl)cc1)c1ccc(Cl)cc1. The lowest BCUT2D eigenvalue weighted by atomic mass is 10.00. The van der Waals surface area contributed by atoms with Crippen LogP contribution in [-0.2, 0) is 12.8 Å². The van der Waals surface area contributed by atoms with Crippen molar-refractivity contribution in [2.45, 2.75) is 12.8 Å². The van der Waals surface area contributed by atoms with Gasteiger partial charge in [-0.15, -0.1) is 0 Å². The first-order valence-corrected chi connectivity index (χ1v) is 11.5. The van der Waals surface area contributed by atoms with Crippen LogP contribution in [0.5, 0.6) is 0 Å². The summed E-state index contributed by atoms with van der Waals surface area (Å²) in [6.07, 6.45) is 0.298. The minimum atomic E-state index is 0.149. The fourth-order valence-electron chi connectivity index (χ4n) is 3.40. The van der Waals surface area contributed by atoms with Crippen molar-refractivity contribution in [1.82, 2.24) is 9.97 Å². The number of hydrogen-bond donors (Lipinski definition) is 2. The van der Waals surface area contributed by atoms with Gasteiger partial charge in [-0.05, 0) is 47.5 Å². The largest absolute Gasteiger partial charge is 0.411 e. The van der Waals surface area contributed by atoms with Crippen molar-refractivity contribution in [2.75, 3.05) is 0 Å². The Morgan fingerprint density at radius 1 is 0.618 bits per heavy atom. The molecule has 2 N–H and O–H groups in total. The second kappa shape index (κ2) is 10.6. The molecule has 0 aliphatic heterocycles. The number of oxime groups is 2. The van der Waals surface area contributed by atoms with Gasteiger partial charge in [0.15, 0.2) is 0 Å². The number of rotatable bonds is 6. The third kappa shape index (κ3) is 5.42. The molecule has 3 aromatic carbocycles. The lowest BCUT2D eigenvalue weighted by molar-refractivity contribution is 0.318. The van der Waals surface area contributed by atoms with Gasteiger partial charge in [-0.3, -0.25) is 0 Å². The van der Waals surface area contributed by atoms with Crippen LogP contribution in [0.15, 0.2) is 71.0 Å². The molecular weight excluding hydrogens is 518 g/mol. The summed E-state index contributed by atoms with van der Waals surface area (Å²) >= 11 is 24.3. The highest BCUT2D eigenvalue weighted by Crippen LogP contribution is 2.27. The highest BCUT2D eigenvalue weighted by molar-refractivity contribution is 6.42. The number of hydrogen-bond acceptors (Lipinski definition) is 6. The van der Waals surface area contributed by atoms with Crippen molar-refractivity contribution < 1.29 is 10.4 Å². The number of benzene rings is 3. The second-order valence-electron chi connectivity index (χ2n) is 7.33. The average Bonchev–Trinajstić information content (AvgIpc) is 2.83. The van der Waals surface area contributed by atoms with Crippen molar-refractivity contribution in [1.29, 1.82) is 0 Å². The molecule has 6 nitrogen and oxygen atoms in total.